The molecule has 0 aliphatic carbocycles. The normalized spacial score (nSPS) is 10.7. The van der Waals surface area contributed by atoms with Gasteiger partial charge in [-0.25, -0.2) is 9.78 Å². The van der Waals surface area contributed by atoms with E-state index in [0.29, 0.717) is 22.6 Å². The van der Waals surface area contributed by atoms with Crippen LogP contribution < -0.4 is 0 Å². The molecule has 0 aliphatic rings. The fourth-order valence-electron chi connectivity index (χ4n) is 1.92. The van der Waals surface area contributed by atoms with Gasteiger partial charge in [-0.1, -0.05) is 6.07 Å². The number of carbonyl (C=O) groups is 1. The Morgan fingerprint density at radius 1 is 1.25 bits per heavy atom. The molecule has 1 aromatic heterocycles. The molecule has 20 heavy (non-hydrogen) atoms. The Balaban J connectivity index is 2.09. The van der Waals surface area contributed by atoms with E-state index in [1.807, 2.05) is 24.3 Å². The number of carbonyl (C=O) groups excluding carboxylic acids is 1. The maximum Gasteiger partial charge on any atom is 0.337 e. The van der Waals surface area contributed by atoms with E-state index in [9.17, 15) is 4.79 Å². The van der Waals surface area contributed by atoms with Gasteiger partial charge in [0.25, 0.3) is 0 Å². The smallest absolute Gasteiger partial charge is 0.337 e. The summed E-state index contributed by atoms with van der Waals surface area (Å²) in [6.45, 7) is 0. The first kappa shape index (κ1) is 13.1. The molecule has 100 valence electrons. The predicted molar refractivity (Wildman–Crippen MR) is 83.5 cm³/mol. The number of nitrogens with zero attached hydrogens (tertiary/aromatic N) is 1. The van der Waals surface area contributed by atoms with Crippen molar-refractivity contribution in [3.8, 4) is 11.5 Å². The summed E-state index contributed by atoms with van der Waals surface area (Å²) >= 11 is 2.24. The van der Waals surface area contributed by atoms with E-state index in [4.69, 9.17) is 9.15 Å². The molecule has 0 spiro atoms. The zero-order valence-corrected chi connectivity index (χ0v) is 12.7. The maximum absolute atomic E-state index is 11.5. The molecule has 0 radical (unpaired) electrons. The van der Waals surface area contributed by atoms with Gasteiger partial charge in [0, 0.05) is 9.13 Å². The van der Waals surface area contributed by atoms with Crippen LogP contribution in [0.2, 0.25) is 0 Å². The number of hydrogen-bond acceptors (Lipinski definition) is 4. The quantitative estimate of drug-likeness (QED) is 0.501. The number of methoxy groups -OCH3 is 1. The van der Waals surface area contributed by atoms with Gasteiger partial charge in [0.1, 0.15) is 5.52 Å². The SMILES string of the molecule is COC(=O)c1ccc2oc(-c3cccc(I)c3)nc2c1. The molecule has 4 nitrogen and oxygen atoms in total. The zero-order chi connectivity index (χ0) is 14.1. The summed E-state index contributed by atoms with van der Waals surface area (Å²) < 4.78 is 11.5. The molecule has 2 aromatic carbocycles. The van der Waals surface area contributed by atoms with Crippen molar-refractivity contribution >= 4 is 39.7 Å². The first-order valence-corrected chi connectivity index (χ1v) is 7.00. The van der Waals surface area contributed by atoms with Gasteiger partial charge in [-0.2, -0.15) is 0 Å². The molecule has 1 heterocycles. The van der Waals surface area contributed by atoms with Crippen LogP contribution in [0.1, 0.15) is 10.4 Å². The van der Waals surface area contributed by atoms with E-state index in [1.54, 1.807) is 18.2 Å². The lowest BCUT2D eigenvalue weighted by Crippen LogP contribution is -2.00. The van der Waals surface area contributed by atoms with E-state index in [-0.39, 0.29) is 5.97 Å². The summed E-state index contributed by atoms with van der Waals surface area (Å²) in [5.41, 5.74) is 2.66. The van der Waals surface area contributed by atoms with Crippen molar-refractivity contribution in [2.75, 3.05) is 7.11 Å². The van der Waals surface area contributed by atoms with Gasteiger partial charge >= 0.3 is 5.97 Å². The standard InChI is InChI=1S/C15H10INO3/c1-19-15(18)10-5-6-13-12(8-10)17-14(20-13)9-3-2-4-11(16)7-9/h2-8H,1H3. The minimum atomic E-state index is -0.384. The van der Waals surface area contributed by atoms with Crippen molar-refractivity contribution < 1.29 is 13.9 Å². The Morgan fingerprint density at radius 2 is 2.10 bits per heavy atom. The minimum absolute atomic E-state index is 0.384. The number of aromatic nitrogens is 1. The van der Waals surface area contributed by atoms with Gasteiger partial charge in [0.15, 0.2) is 5.58 Å². The highest BCUT2D eigenvalue weighted by Gasteiger charge is 2.12. The molecule has 3 rings (SSSR count). The van der Waals surface area contributed by atoms with Crippen LogP contribution in [0.25, 0.3) is 22.6 Å². The first-order valence-electron chi connectivity index (χ1n) is 5.92. The molecule has 0 amide bonds. The van der Waals surface area contributed by atoms with Crippen molar-refractivity contribution in [1.29, 1.82) is 0 Å². The van der Waals surface area contributed by atoms with Crippen LogP contribution >= 0.6 is 22.6 Å². The van der Waals surface area contributed by atoms with Gasteiger partial charge in [-0.15, -0.1) is 0 Å². The van der Waals surface area contributed by atoms with Crippen molar-refractivity contribution in [1.82, 2.24) is 4.98 Å². The van der Waals surface area contributed by atoms with E-state index in [0.717, 1.165) is 9.13 Å². The van der Waals surface area contributed by atoms with E-state index < -0.39 is 0 Å². The molecular weight excluding hydrogens is 369 g/mol. The number of hydrogen-bond donors (Lipinski definition) is 0. The number of halogens is 1. The summed E-state index contributed by atoms with van der Waals surface area (Å²) in [5, 5.41) is 0. The predicted octanol–water partition coefficient (Wildman–Crippen LogP) is 3.89. The van der Waals surface area contributed by atoms with Crippen LogP contribution in [0.3, 0.4) is 0 Å². The molecule has 0 N–H and O–H groups in total. The van der Waals surface area contributed by atoms with Gasteiger partial charge in [-0.05, 0) is 59.0 Å². The zero-order valence-electron chi connectivity index (χ0n) is 10.6. The van der Waals surface area contributed by atoms with Crippen molar-refractivity contribution in [3.05, 3.63) is 51.6 Å². The lowest BCUT2D eigenvalue weighted by molar-refractivity contribution is 0.0601. The number of oxazole rings is 1. The van der Waals surface area contributed by atoms with Gasteiger partial charge < -0.3 is 9.15 Å². The highest BCUT2D eigenvalue weighted by atomic mass is 127. The van der Waals surface area contributed by atoms with Crippen LogP contribution in [0.15, 0.2) is 46.9 Å². The van der Waals surface area contributed by atoms with E-state index >= 15 is 0 Å². The summed E-state index contributed by atoms with van der Waals surface area (Å²) in [4.78, 5) is 15.9. The highest BCUT2D eigenvalue weighted by molar-refractivity contribution is 14.1. The Bertz CT molecular complexity index is 795. The third-order valence-electron chi connectivity index (χ3n) is 2.88. The van der Waals surface area contributed by atoms with E-state index in [1.165, 1.54) is 7.11 Å². The van der Waals surface area contributed by atoms with E-state index in [2.05, 4.69) is 27.6 Å². The summed E-state index contributed by atoms with van der Waals surface area (Å²) in [6.07, 6.45) is 0. The molecule has 0 unspecified atom stereocenters. The van der Waals surface area contributed by atoms with Crippen molar-refractivity contribution in [2.45, 2.75) is 0 Å². The monoisotopic (exact) mass is 379 g/mol. The molecule has 3 aromatic rings. The van der Waals surface area contributed by atoms with Gasteiger partial charge in [0.2, 0.25) is 5.89 Å². The Hall–Kier alpha value is -1.89. The van der Waals surface area contributed by atoms with Gasteiger partial charge in [0.05, 0.1) is 12.7 Å². The fraction of sp³-hybridized carbons (Fsp3) is 0.0667. The van der Waals surface area contributed by atoms with Crippen molar-refractivity contribution in [2.24, 2.45) is 0 Å². The second kappa shape index (κ2) is 5.24. The summed E-state index contributed by atoms with van der Waals surface area (Å²) in [6, 6.07) is 12.9. The van der Waals surface area contributed by atoms with Crippen LogP contribution in [-0.4, -0.2) is 18.1 Å². The fourth-order valence-corrected chi connectivity index (χ4v) is 2.46. The molecule has 5 heteroatoms. The average molecular weight is 379 g/mol. The Morgan fingerprint density at radius 3 is 2.85 bits per heavy atom. The summed E-state index contributed by atoms with van der Waals surface area (Å²) in [7, 11) is 1.35. The van der Waals surface area contributed by atoms with Crippen LogP contribution in [0.5, 0.6) is 0 Å². The second-order valence-corrected chi connectivity index (χ2v) is 5.45. The van der Waals surface area contributed by atoms with Gasteiger partial charge in [-0.3, -0.25) is 0 Å². The molecule has 0 aliphatic heterocycles. The highest BCUT2D eigenvalue weighted by Crippen LogP contribution is 2.26. The number of esters is 1. The molecule has 0 bridgehead atoms. The molecule has 0 fully saturated rings. The minimum Gasteiger partial charge on any atom is -0.465 e. The summed E-state index contributed by atoms with van der Waals surface area (Å²) in [5.74, 6) is 0.159. The topological polar surface area (TPSA) is 52.3 Å². The number of fused-ring (bicyclic) bond motifs is 1. The third kappa shape index (κ3) is 2.40. The van der Waals surface area contributed by atoms with Crippen molar-refractivity contribution in [3.63, 3.8) is 0 Å². The number of benzene rings is 2. The lowest BCUT2D eigenvalue weighted by atomic mass is 10.2. The molecule has 0 atom stereocenters. The molecule has 0 saturated heterocycles. The van der Waals surface area contributed by atoms with Crippen LogP contribution in [0.4, 0.5) is 0 Å². The maximum atomic E-state index is 11.5. The first-order chi connectivity index (χ1) is 9.67. The number of ether oxygens (including phenoxy) is 1. The van der Waals surface area contributed by atoms with Crippen LogP contribution in [-0.2, 0) is 4.74 Å². The Labute approximate surface area is 128 Å². The van der Waals surface area contributed by atoms with Crippen LogP contribution in [0, 0.1) is 3.57 Å². The largest absolute Gasteiger partial charge is 0.465 e. The average Bonchev–Trinajstić information content (AvgIpc) is 2.89. The molecule has 0 saturated carbocycles. The lowest BCUT2D eigenvalue weighted by Gasteiger charge is -1.96. The molecular formula is C15H10INO3. The second-order valence-electron chi connectivity index (χ2n) is 4.20. The number of rotatable bonds is 2. The Kier molecular flexibility index (Phi) is 3.43. The third-order valence-corrected chi connectivity index (χ3v) is 3.55.